The molecule has 0 radical (unpaired) electrons. The topological polar surface area (TPSA) is 67.8 Å². The molecular weight excluding hydrogens is 533 g/mol. The van der Waals surface area contributed by atoms with E-state index in [1.54, 1.807) is 18.2 Å². The number of nitrogens with zero attached hydrogens (tertiary/aromatic N) is 1. The van der Waals surface area contributed by atoms with E-state index >= 15 is 0 Å². The Bertz CT molecular complexity index is 1350. The van der Waals surface area contributed by atoms with Gasteiger partial charge in [-0.05, 0) is 42.9 Å². The van der Waals surface area contributed by atoms with E-state index in [-0.39, 0.29) is 29.1 Å². The number of rotatable bonds is 6. The van der Waals surface area contributed by atoms with Crippen LogP contribution in [0.25, 0.3) is 6.08 Å². The third kappa shape index (κ3) is 3.94. The Labute approximate surface area is 238 Å². The SMILES string of the molecule is COC1=CC(O)=C2C[C@@H]3[C@@H]4CCC[C@@H]5OC1(NC(=O)C(=Cc1ccccc1)C(F)(F)F)C2[C@@]54CC[N+]3(C)CC1CC1. The summed E-state index contributed by atoms with van der Waals surface area (Å²) in [5.41, 5.74) is -2.25. The summed E-state index contributed by atoms with van der Waals surface area (Å²) in [5.74, 6) is -0.465. The highest BCUT2D eigenvalue weighted by Crippen LogP contribution is 2.71. The fourth-order valence-electron chi connectivity index (χ4n) is 9.40. The summed E-state index contributed by atoms with van der Waals surface area (Å²) in [4.78, 5) is 13.7. The number of benzene rings is 1. The van der Waals surface area contributed by atoms with Crippen molar-refractivity contribution in [2.75, 3.05) is 27.2 Å². The van der Waals surface area contributed by atoms with Crippen LogP contribution in [0.3, 0.4) is 0 Å². The minimum Gasteiger partial charge on any atom is -0.508 e. The molecule has 7 atom stereocenters. The summed E-state index contributed by atoms with van der Waals surface area (Å²) in [6.07, 6.45) is 3.95. The number of amides is 1. The normalized spacial score (nSPS) is 39.6. The fourth-order valence-corrected chi connectivity index (χ4v) is 9.40. The lowest BCUT2D eigenvalue weighted by Crippen LogP contribution is -2.72. The van der Waals surface area contributed by atoms with Crippen LogP contribution in [0.15, 0.2) is 59.1 Å². The molecule has 9 heteroatoms. The molecule has 2 heterocycles. The zero-order chi connectivity index (χ0) is 28.8. The van der Waals surface area contributed by atoms with Crippen molar-refractivity contribution >= 4 is 12.0 Å². The number of allylic oxidation sites excluding steroid dienone is 1. The zero-order valence-electron chi connectivity index (χ0n) is 23.5. The Morgan fingerprint density at radius 3 is 2.66 bits per heavy atom. The quantitative estimate of drug-likeness (QED) is 0.343. The van der Waals surface area contributed by atoms with E-state index in [0.717, 1.165) is 60.8 Å². The van der Waals surface area contributed by atoms with Crippen LogP contribution < -0.4 is 5.32 Å². The molecule has 2 N–H and O–H groups in total. The van der Waals surface area contributed by atoms with E-state index in [9.17, 15) is 23.1 Å². The molecule has 220 valence electrons. The lowest BCUT2D eigenvalue weighted by molar-refractivity contribution is -0.948. The highest BCUT2D eigenvalue weighted by atomic mass is 19.4. The fraction of sp³-hybridized carbons (Fsp3) is 0.594. The van der Waals surface area contributed by atoms with Gasteiger partial charge in [-0.2, -0.15) is 13.2 Å². The maximum atomic E-state index is 14.4. The number of piperidine rings is 1. The van der Waals surface area contributed by atoms with Gasteiger partial charge < -0.3 is 24.4 Å². The summed E-state index contributed by atoms with van der Waals surface area (Å²) < 4.78 is 56.6. The molecule has 6 aliphatic rings. The number of carbonyl (C=O) groups excluding carboxylic acids is 1. The first-order valence-corrected chi connectivity index (χ1v) is 14.9. The van der Waals surface area contributed by atoms with Crippen LogP contribution in [0.5, 0.6) is 0 Å². The minimum absolute atomic E-state index is 0.102. The average molecular weight is 572 g/mol. The summed E-state index contributed by atoms with van der Waals surface area (Å²) in [7, 11) is 3.77. The number of likely N-dealkylation sites (tertiary alicyclic amines) is 1. The van der Waals surface area contributed by atoms with E-state index in [4.69, 9.17) is 9.47 Å². The molecule has 6 nitrogen and oxygen atoms in total. The number of aliphatic hydroxyl groups is 1. The first-order valence-electron chi connectivity index (χ1n) is 14.9. The molecule has 1 spiro atoms. The van der Waals surface area contributed by atoms with E-state index < -0.39 is 34.7 Å². The first kappa shape index (κ1) is 27.1. The van der Waals surface area contributed by atoms with Crippen LogP contribution in [0.1, 0.15) is 50.5 Å². The number of carbonyl (C=O) groups is 1. The van der Waals surface area contributed by atoms with Crippen molar-refractivity contribution < 1.29 is 37.0 Å². The number of aliphatic hydroxyl groups excluding tert-OH is 1. The highest BCUT2D eigenvalue weighted by molar-refractivity contribution is 5.99. The number of methoxy groups -OCH3 is 1. The van der Waals surface area contributed by atoms with Gasteiger partial charge in [0.2, 0.25) is 5.72 Å². The Morgan fingerprint density at radius 1 is 1.22 bits per heavy atom. The monoisotopic (exact) mass is 571 g/mol. The van der Waals surface area contributed by atoms with E-state index in [1.807, 2.05) is 0 Å². The molecule has 7 rings (SSSR count). The Kier molecular flexibility index (Phi) is 6.02. The second-order valence-electron chi connectivity index (χ2n) is 13.3. The summed E-state index contributed by atoms with van der Waals surface area (Å²) in [5, 5.41) is 14.1. The molecule has 3 unspecified atom stereocenters. The third-order valence-electron chi connectivity index (χ3n) is 11.2. The van der Waals surface area contributed by atoms with Gasteiger partial charge in [0.15, 0.2) is 5.76 Å². The lowest BCUT2D eigenvalue weighted by Gasteiger charge is -2.64. The van der Waals surface area contributed by atoms with Gasteiger partial charge in [-0.15, -0.1) is 0 Å². The summed E-state index contributed by atoms with van der Waals surface area (Å²) >= 11 is 0. The molecule has 1 aromatic rings. The molecule has 41 heavy (non-hydrogen) atoms. The van der Waals surface area contributed by atoms with Crippen LogP contribution >= 0.6 is 0 Å². The smallest absolute Gasteiger partial charge is 0.421 e. The van der Waals surface area contributed by atoms with Gasteiger partial charge in [0.1, 0.15) is 11.3 Å². The highest BCUT2D eigenvalue weighted by Gasteiger charge is 2.77. The van der Waals surface area contributed by atoms with E-state index in [0.29, 0.717) is 12.5 Å². The van der Waals surface area contributed by atoms with Crippen molar-refractivity contribution in [3.63, 3.8) is 0 Å². The number of halogens is 3. The van der Waals surface area contributed by atoms with Crippen LogP contribution in [0.4, 0.5) is 13.2 Å². The number of ether oxygens (including phenoxy) is 2. The Hall–Kier alpha value is -2.78. The van der Waals surface area contributed by atoms with Gasteiger partial charge in [0, 0.05) is 42.1 Å². The summed E-state index contributed by atoms with van der Waals surface area (Å²) in [6.45, 7) is 2.08. The second-order valence-corrected chi connectivity index (χ2v) is 13.3. The first-order chi connectivity index (χ1) is 19.5. The molecule has 4 aliphatic carbocycles. The van der Waals surface area contributed by atoms with Crippen molar-refractivity contribution in [2.45, 2.75) is 69.0 Å². The van der Waals surface area contributed by atoms with Crippen LogP contribution in [-0.2, 0) is 14.3 Å². The van der Waals surface area contributed by atoms with Crippen LogP contribution in [0.2, 0.25) is 0 Å². The molecule has 0 aromatic heterocycles. The van der Waals surface area contributed by atoms with Gasteiger partial charge >= 0.3 is 6.18 Å². The average Bonchev–Trinajstić information content (AvgIpc) is 3.69. The van der Waals surface area contributed by atoms with Crippen molar-refractivity contribution in [1.29, 1.82) is 0 Å². The molecule has 3 saturated carbocycles. The summed E-state index contributed by atoms with van der Waals surface area (Å²) in [6, 6.07) is 8.33. The van der Waals surface area contributed by atoms with Gasteiger partial charge in [-0.1, -0.05) is 36.8 Å². The largest absolute Gasteiger partial charge is 0.508 e. The Balaban J connectivity index is 1.33. The zero-order valence-corrected chi connectivity index (χ0v) is 23.5. The van der Waals surface area contributed by atoms with Gasteiger partial charge in [0.25, 0.3) is 5.91 Å². The maximum Gasteiger partial charge on any atom is 0.421 e. The molecule has 1 amide bonds. The van der Waals surface area contributed by atoms with Gasteiger partial charge in [0.05, 0.1) is 39.4 Å². The molecule has 5 fully saturated rings. The van der Waals surface area contributed by atoms with E-state index in [1.165, 1.54) is 38.2 Å². The maximum absolute atomic E-state index is 14.4. The van der Waals surface area contributed by atoms with Crippen molar-refractivity contribution in [2.24, 2.45) is 23.2 Å². The van der Waals surface area contributed by atoms with Crippen LogP contribution in [0, 0.1) is 23.2 Å². The number of hydrogen-bond acceptors (Lipinski definition) is 4. The predicted molar refractivity (Wildman–Crippen MR) is 146 cm³/mol. The van der Waals surface area contributed by atoms with Crippen molar-refractivity contribution in [3.8, 4) is 0 Å². The standard InChI is InChI=1S/C32H37F3N2O4/c1-37(18-20-11-12-20)14-13-30-22-9-6-10-26(30)41-31(27(40-2)17-25(38)21(28(30)31)16-24(22)37)36-29(39)23(32(33,34)35)15-19-7-4-3-5-8-19/h3-5,7-8,15,17,20,22,24,26,28H,6,9-14,16,18H2,1-2H3,(H-,36,38,39)/p+1/t22-,24+,26-,28?,30+,31?,37?/m0/s1. The molecule has 1 aromatic carbocycles. The predicted octanol–water partition coefficient (Wildman–Crippen LogP) is 5.63. The number of hydrogen-bond donors (Lipinski definition) is 2. The number of nitrogens with one attached hydrogen (secondary N) is 1. The molecular formula is C32H38F3N2O4+. The van der Waals surface area contributed by atoms with Crippen molar-refractivity contribution in [3.05, 3.63) is 64.6 Å². The number of alkyl halides is 3. The van der Waals surface area contributed by atoms with Gasteiger partial charge in [-0.25, -0.2) is 0 Å². The molecule has 2 aliphatic heterocycles. The lowest BCUT2D eigenvalue weighted by atomic mass is 9.46. The minimum atomic E-state index is -4.89. The van der Waals surface area contributed by atoms with E-state index in [2.05, 4.69) is 12.4 Å². The van der Waals surface area contributed by atoms with Gasteiger partial charge in [-0.3, -0.25) is 4.79 Å². The molecule has 2 bridgehead atoms. The van der Waals surface area contributed by atoms with Crippen LogP contribution in [-0.4, -0.2) is 66.8 Å². The third-order valence-corrected chi connectivity index (χ3v) is 11.2. The molecule has 2 saturated heterocycles. The Morgan fingerprint density at radius 2 is 1.98 bits per heavy atom. The van der Waals surface area contributed by atoms with Crippen molar-refractivity contribution in [1.82, 2.24) is 5.32 Å². The number of quaternary nitrogens is 1. The second kappa shape index (κ2) is 9.11.